The molecule has 0 unspecified atom stereocenters. The lowest BCUT2D eigenvalue weighted by Gasteiger charge is -2.26. The predicted molar refractivity (Wildman–Crippen MR) is 224 cm³/mol. The van der Waals surface area contributed by atoms with E-state index in [2.05, 4.69) is 26.0 Å². The molecule has 2 aromatic carbocycles. The highest BCUT2D eigenvalue weighted by Crippen LogP contribution is 2.34. The Morgan fingerprint density at radius 1 is 0.552 bits per heavy atom. The fraction of sp³-hybridized carbons (Fsp3) is 0.583. The number of ether oxygens (including phenoxy) is 6. The van der Waals surface area contributed by atoms with Crippen LogP contribution in [0.3, 0.4) is 0 Å². The van der Waals surface area contributed by atoms with E-state index in [1.54, 1.807) is 24.3 Å². The number of allylic oxidation sites excluding steroid dienone is 2. The SMILES string of the molecule is CCCCCC1CCC(C=CCOc2ccc(C(=O)O[C@@H](C(=O)OC)[C@@H](OC(=O)c3ccc(OCC=CC4CCC(CCCCC)CC4)cc3)C(=O)OC)cc2)CC1. The van der Waals surface area contributed by atoms with Crippen LogP contribution in [0.4, 0.5) is 0 Å². The minimum absolute atomic E-state index is 0.0815. The molecule has 0 N–H and O–H groups in total. The maximum Gasteiger partial charge on any atom is 0.351 e. The van der Waals surface area contributed by atoms with Crippen molar-refractivity contribution in [2.75, 3.05) is 27.4 Å². The van der Waals surface area contributed by atoms with Gasteiger partial charge in [-0.1, -0.05) is 89.5 Å². The normalized spacial score (nSPS) is 20.6. The van der Waals surface area contributed by atoms with Crippen molar-refractivity contribution in [2.45, 2.75) is 129 Å². The molecule has 2 fully saturated rings. The van der Waals surface area contributed by atoms with Gasteiger partial charge in [0.25, 0.3) is 0 Å². The van der Waals surface area contributed by atoms with Gasteiger partial charge in [-0.2, -0.15) is 0 Å². The molecule has 0 aliphatic heterocycles. The second-order valence-electron chi connectivity index (χ2n) is 15.8. The smallest absolute Gasteiger partial charge is 0.351 e. The number of unbranched alkanes of at least 4 members (excludes halogenated alkanes) is 4. The lowest BCUT2D eigenvalue weighted by Crippen LogP contribution is -2.47. The molecule has 4 rings (SSSR count). The molecule has 0 amide bonds. The number of hydrogen-bond acceptors (Lipinski definition) is 10. The molecular weight excluding hydrogens is 737 g/mol. The van der Waals surface area contributed by atoms with E-state index in [4.69, 9.17) is 28.4 Å². The Bertz CT molecular complexity index is 1460. The van der Waals surface area contributed by atoms with E-state index >= 15 is 0 Å². The molecule has 0 spiro atoms. The molecule has 2 aliphatic carbocycles. The van der Waals surface area contributed by atoms with E-state index in [0.29, 0.717) is 36.5 Å². The van der Waals surface area contributed by atoms with E-state index in [-0.39, 0.29) is 11.1 Å². The van der Waals surface area contributed by atoms with Gasteiger partial charge in [0.05, 0.1) is 25.3 Å². The number of hydrogen-bond donors (Lipinski definition) is 0. The zero-order chi connectivity index (χ0) is 41.5. The Kier molecular flexibility index (Phi) is 20.4. The molecule has 0 saturated heterocycles. The predicted octanol–water partition coefficient (Wildman–Crippen LogP) is 10.4. The maximum absolute atomic E-state index is 13.2. The highest BCUT2D eigenvalue weighted by Gasteiger charge is 2.42. The average molecular weight is 803 g/mol. The summed E-state index contributed by atoms with van der Waals surface area (Å²) >= 11 is 0. The van der Waals surface area contributed by atoms with Crippen LogP contribution in [0.25, 0.3) is 0 Å². The van der Waals surface area contributed by atoms with Gasteiger partial charge in [0.2, 0.25) is 12.2 Å². The summed E-state index contributed by atoms with van der Waals surface area (Å²) in [6.07, 6.45) is 25.3. The molecular formula is C48H66O10. The minimum atomic E-state index is -1.94. The van der Waals surface area contributed by atoms with Crippen molar-refractivity contribution in [3.05, 3.63) is 84.0 Å². The Hall–Kier alpha value is -4.60. The molecule has 2 aromatic rings. The van der Waals surface area contributed by atoms with E-state index in [0.717, 1.165) is 26.1 Å². The van der Waals surface area contributed by atoms with Crippen LogP contribution in [0.5, 0.6) is 11.5 Å². The largest absolute Gasteiger partial charge is 0.490 e. The van der Waals surface area contributed by atoms with Crippen molar-refractivity contribution in [3.63, 3.8) is 0 Å². The first-order valence-corrected chi connectivity index (χ1v) is 21.6. The Morgan fingerprint density at radius 2 is 0.914 bits per heavy atom. The fourth-order valence-electron chi connectivity index (χ4n) is 7.93. The van der Waals surface area contributed by atoms with Gasteiger partial charge >= 0.3 is 23.9 Å². The third kappa shape index (κ3) is 15.6. The van der Waals surface area contributed by atoms with Gasteiger partial charge in [-0.25, -0.2) is 19.2 Å². The molecule has 318 valence electrons. The lowest BCUT2D eigenvalue weighted by atomic mass is 9.79. The molecule has 2 aliphatic rings. The number of benzene rings is 2. The monoisotopic (exact) mass is 802 g/mol. The highest BCUT2D eigenvalue weighted by molar-refractivity contribution is 5.96. The number of esters is 4. The molecule has 0 aromatic heterocycles. The van der Waals surface area contributed by atoms with Crippen molar-refractivity contribution in [1.29, 1.82) is 0 Å². The summed E-state index contributed by atoms with van der Waals surface area (Å²) in [5.41, 5.74) is 0.163. The topological polar surface area (TPSA) is 124 Å². The van der Waals surface area contributed by atoms with Crippen LogP contribution in [-0.4, -0.2) is 63.5 Å². The zero-order valence-electron chi connectivity index (χ0n) is 35.2. The summed E-state index contributed by atoms with van der Waals surface area (Å²) in [6.45, 7) is 5.28. The van der Waals surface area contributed by atoms with E-state index < -0.39 is 36.1 Å². The molecule has 10 heteroatoms. The van der Waals surface area contributed by atoms with Crippen molar-refractivity contribution in [2.24, 2.45) is 23.7 Å². The van der Waals surface area contributed by atoms with Gasteiger partial charge in [0, 0.05) is 0 Å². The van der Waals surface area contributed by atoms with Crippen LogP contribution in [-0.2, 0) is 28.5 Å². The zero-order valence-corrected chi connectivity index (χ0v) is 35.2. The van der Waals surface area contributed by atoms with Crippen molar-refractivity contribution in [3.8, 4) is 11.5 Å². The first kappa shape index (κ1) is 46.1. The number of carbonyl (C=O) groups excluding carboxylic acids is 4. The van der Waals surface area contributed by atoms with Gasteiger partial charge in [-0.3, -0.25) is 0 Å². The van der Waals surface area contributed by atoms with Gasteiger partial charge in [0.15, 0.2) is 0 Å². The maximum atomic E-state index is 13.2. The van der Waals surface area contributed by atoms with Crippen LogP contribution in [0.2, 0.25) is 0 Å². The standard InChI is InChI=1S/C48H66O10/c1-5-7-9-13-35-17-21-37(22-18-35)15-11-33-55-41-29-25-39(26-30-41)45(49)57-43(47(51)53-3)44(48(52)54-4)58-46(50)40-27-31-42(32-28-40)56-34-12-16-38-23-19-36(20-24-38)14-10-8-6-2/h11-12,15-16,25-32,35-38,43-44H,5-10,13-14,17-24,33-34H2,1-4H3/t35?,36?,37?,38?,43-,44-/m1/s1. The first-order chi connectivity index (χ1) is 28.2. The molecule has 10 nitrogen and oxygen atoms in total. The van der Waals surface area contributed by atoms with Crippen LogP contribution in [0, 0.1) is 23.7 Å². The van der Waals surface area contributed by atoms with Crippen LogP contribution in [0.1, 0.15) is 137 Å². The molecule has 0 radical (unpaired) electrons. The first-order valence-electron chi connectivity index (χ1n) is 21.6. The van der Waals surface area contributed by atoms with Crippen molar-refractivity contribution >= 4 is 23.9 Å². The van der Waals surface area contributed by atoms with E-state index in [9.17, 15) is 19.2 Å². The Labute approximate surface area is 346 Å². The molecule has 0 heterocycles. The van der Waals surface area contributed by atoms with Gasteiger partial charge in [-0.15, -0.1) is 0 Å². The Morgan fingerprint density at radius 3 is 1.24 bits per heavy atom. The summed E-state index contributed by atoms with van der Waals surface area (Å²) in [5, 5.41) is 0. The summed E-state index contributed by atoms with van der Waals surface area (Å²) in [6, 6.07) is 12.4. The highest BCUT2D eigenvalue weighted by atomic mass is 16.6. The lowest BCUT2D eigenvalue weighted by molar-refractivity contribution is -0.170. The van der Waals surface area contributed by atoms with E-state index in [1.807, 2.05) is 12.2 Å². The van der Waals surface area contributed by atoms with Crippen LogP contribution >= 0.6 is 0 Å². The molecule has 2 atom stereocenters. The summed E-state index contributed by atoms with van der Waals surface area (Å²) in [5.74, 6) is -0.117. The van der Waals surface area contributed by atoms with Crippen LogP contribution in [0.15, 0.2) is 72.8 Å². The minimum Gasteiger partial charge on any atom is -0.490 e. The number of carbonyl (C=O) groups is 4. The third-order valence-corrected chi connectivity index (χ3v) is 11.5. The summed E-state index contributed by atoms with van der Waals surface area (Å²) < 4.78 is 32.2. The number of methoxy groups -OCH3 is 2. The van der Waals surface area contributed by atoms with Crippen LogP contribution < -0.4 is 9.47 Å². The summed E-state index contributed by atoms with van der Waals surface area (Å²) in [4.78, 5) is 52.0. The second-order valence-corrected chi connectivity index (χ2v) is 15.8. The molecule has 58 heavy (non-hydrogen) atoms. The van der Waals surface area contributed by atoms with Crippen molar-refractivity contribution < 1.29 is 47.6 Å². The van der Waals surface area contributed by atoms with E-state index in [1.165, 1.54) is 127 Å². The summed E-state index contributed by atoms with van der Waals surface area (Å²) in [7, 11) is 2.13. The number of rotatable bonds is 23. The van der Waals surface area contributed by atoms with Gasteiger partial charge < -0.3 is 28.4 Å². The second kappa shape index (κ2) is 25.7. The molecule has 2 saturated carbocycles. The Balaban J connectivity index is 1.25. The van der Waals surface area contributed by atoms with Crippen molar-refractivity contribution in [1.82, 2.24) is 0 Å². The fourth-order valence-corrected chi connectivity index (χ4v) is 7.93. The average Bonchev–Trinajstić information content (AvgIpc) is 3.26. The van der Waals surface area contributed by atoms with Gasteiger partial charge in [0.1, 0.15) is 24.7 Å². The van der Waals surface area contributed by atoms with Gasteiger partial charge in [-0.05, 0) is 124 Å². The molecule has 0 bridgehead atoms. The quantitative estimate of drug-likeness (QED) is 0.0464. The third-order valence-electron chi connectivity index (χ3n) is 11.5.